The van der Waals surface area contributed by atoms with Crippen molar-refractivity contribution in [2.24, 2.45) is 0 Å². The zero-order valence-corrected chi connectivity index (χ0v) is 11.8. The number of hydrogen-bond acceptors (Lipinski definition) is 3. The fraction of sp³-hybridized carbons (Fsp3) is 0.133. The molecular formula is C15H14N2O2S. The van der Waals surface area contributed by atoms with E-state index in [1.54, 1.807) is 18.2 Å². The lowest BCUT2D eigenvalue weighted by atomic mass is 9.98. The maximum atomic E-state index is 12.1. The minimum Gasteiger partial charge on any atom is -0.215 e. The van der Waals surface area contributed by atoms with Gasteiger partial charge in [0.2, 0.25) is 0 Å². The molecule has 2 aromatic rings. The number of nitrogens with one attached hydrogen (secondary N) is 1. The Hall–Kier alpha value is -2.32. The van der Waals surface area contributed by atoms with E-state index in [1.807, 2.05) is 35.9 Å². The number of hydrogen-bond donors (Lipinski definition) is 1. The summed E-state index contributed by atoms with van der Waals surface area (Å²) < 4.78 is 26.0. The van der Waals surface area contributed by atoms with Crippen LogP contribution < -0.4 is 4.72 Å². The molecule has 0 atom stereocenters. The quantitative estimate of drug-likeness (QED) is 0.694. The van der Waals surface area contributed by atoms with Crippen molar-refractivity contribution in [2.75, 3.05) is 0 Å². The Labute approximate surface area is 118 Å². The van der Waals surface area contributed by atoms with E-state index in [4.69, 9.17) is 5.26 Å². The van der Waals surface area contributed by atoms with Crippen LogP contribution in [0.15, 0.2) is 53.4 Å². The first-order chi connectivity index (χ1) is 9.60. The molecule has 0 aliphatic heterocycles. The minimum absolute atomic E-state index is 0.113. The highest BCUT2D eigenvalue weighted by Crippen LogP contribution is 2.30. The summed E-state index contributed by atoms with van der Waals surface area (Å²) in [5.41, 5.74) is 2.54. The lowest BCUT2D eigenvalue weighted by Gasteiger charge is -2.12. The molecule has 0 aliphatic carbocycles. The first-order valence-corrected chi connectivity index (χ1v) is 7.66. The molecule has 0 saturated carbocycles. The minimum atomic E-state index is -3.83. The van der Waals surface area contributed by atoms with Crippen LogP contribution in [0.25, 0.3) is 11.1 Å². The maximum Gasteiger partial charge on any atom is 0.270 e. The Bertz CT molecular complexity index is 761. The summed E-state index contributed by atoms with van der Waals surface area (Å²) in [6, 6.07) is 14.3. The highest BCUT2D eigenvalue weighted by Gasteiger charge is 2.19. The van der Waals surface area contributed by atoms with Crippen LogP contribution in [0.2, 0.25) is 0 Å². The van der Waals surface area contributed by atoms with Gasteiger partial charge in [0.05, 0.1) is 4.90 Å². The molecule has 4 nitrogen and oxygen atoms in total. The third-order valence-electron chi connectivity index (χ3n) is 3.05. The second-order valence-corrected chi connectivity index (χ2v) is 5.87. The van der Waals surface area contributed by atoms with Gasteiger partial charge in [0, 0.05) is 5.56 Å². The summed E-state index contributed by atoms with van der Waals surface area (Å²) in [4.78, 5) is 0.113. The van der Waals surface area contributed by atoms with Crippen LogP contribution >= 0.6 is 0 Å². The van der Waals surface area contributed by atoms with Gasteiger partial charge in [-0.05, 0) is 23.6 Å². The summed E-state index contributed by atoms with van der Waals surface area (Å²) in [6.45, 7) is 2.02. The number of sulfonamides is 1. The summed E-state index contributed by atoms with van der Waals surface area (Å²) in [6.07, 6.45) is 2.28. The highest BCUT2D eigenvalue weighted by atomic mass is 32.2. The van der Waals surface area contributed by atoms with E-state index in [9.17, 15) is 8.42 Å². The Balaban J connectivity index is 2.68. The van der Waals surface area contributed by atoms with E-state index in [0.717, 1.165) is 17.5 Å². The molecule has 1 N–H and O–H groups in total. The molecule has 0 heterocycles. The number of aryl methyl sites for hydroxylation is 1. The number of nitrogens with zero attached hydrogens (tertiary/aromatic N) is 1. The van der Waals surface area contributed by atoms with Crippen molar-refractivity contribution in [2.45, 2.75) is 18.2 Å². The van der Waals surface area contributed by atoms with Crippen LogP contribution in [0.4, 0.5) is 0 Å². The van der Waals surface area contributed by atoms with E-state index in [0.29, 0.717) is 5.56 Å². The van der Waals surface area contributed by atoms with Gasteiger partial charge in [0.25, 0.3) is 10.0 Å². The molecule has 5 heteroatoms. The summed E-state index contributed by atoms with van der Waals surface area (Å²) in [5, 5.41) is 8.59. The SMILES string of the molecule is CCc1ccccc1-c1ccccc1S(=O)(=O)NC#N. The molecule has 2 rings (SSSR count). The third kappa shape index (κ3) is 2.65. The zero-order chi connectivity index (χ0) is 14.6. The Morgan fingerprint density at radius 2 is 1.65 bits per heavy atom. The normalized spacial score (nSPS) is 10.8. The molecule has 20 heavy (non-hydrogen) atoms. The van der Waals surface area contributed by atoms with Crippen molar-refractivity contribution in [1.82, 2.24) is 4.72 Å². The zero-order valence-electron chi connectivity index (χ0n) is 11.0. The molecule has 0 saturated heterocycles. The second-order valence-electron chi connectivity index (χ2n) is 4.22. The molecule has 2 aromatic carbocycles. The standard InChI is InChI=1S/C15H14N2O2S/c1-2-12-7-3-4-8-13(12)14-9-5-6-10-15(14)20(18,19)17-11-16/h3-10,17H,2H2,1H3. The third-order valence-corrected chi connectivity index (χ3v) is 4.34. The van der Waals surface area contributed by atoms with Crippen molar-refractivity contribution in [3.8, 4) is 17.3 Å². The predicted molar refractivity (Wildman–Crippen MR) is 77.2 cm³/mol. The number of rotatable bonds is 4. The topological polar surface area (TPSA) is 70.0 Å². The van der Waals surface area contributed by atoms with Gasteiger partial charge in [-0.1, -0.05) is 49.4 Å². The number of benzene rings is 2. The van der Waals surface area contributed by atoms with Gasteiger partial charge >= 0.3 is 0 Å². The Morgan fingerprint density at radius 3 is 2.30 bits per heavy atom. The van der Waals surface area contributed by atoms with E-state index in [-0.39, 0.29) is 4.90 Å². The van der Waals surface area contributed by atoms with Crippen molar-refractivity contribution in [3.63, 3.8) is 0 Å². The largest absolute Gasteiger partial charge is 0.270 e. The van der Waals surface area contributed by atoms with Gasteiger partial charge in [0.1, 0.15) is 0 Å². The average Bonchev–Trinajstić information content (AvgIpc) is 2.47. The van der Waals surface area contributed by atoms with Crippen molar-refractivity contribution in [3.05, 3.63) is 54.1 Å². The van der Waals surface area contributed by atoms with Gasteiger partial charge in [-0.15, -0.1) is 0 Å². The molecule has 0 bridgehead atoms. The van der Waals surface area contributed by atoms with E-state index in [1.165, 1.54) is 12.3 Å². The molecule has 0 spiro atoms. The van der Waals surface area contributed by atoms with Crippen LogP contribution in [-0.2, 0) is 16.4 Å². The van der Waals surface area contributed by atoms with Gasteiger partial charge in [-0.3, -0.25) is 0 Å². The fourth-order valence-corrected chi connectivity index (χ4v) is 3.09. The van der Waals surface area contributed by atoms with Gasteiger partial charge < -0.3 is 0 Å². The maximum absolute atomic E-state index is 12.1. The van der Waals surface area contributed by atoms with Gasteiger partial charge in [-0.25, -0.2) is 13.1 Å². The van der Waals surface area contributed by atoms with E-state index < -0.39 is 10.0 Å². The molecular weight excluding hydrogens is 272 g/mol. The van der Waals surface area contributed by atoms with Crippen LogP contribution in [0.3, 0.4) is 0 Å². The van der Waals surface area contributed by atoms with Crippen molar-refractivity contribution < 1.29 is 8.42 Å². The Kier molecular flexibility index (Phi) is 4.06. The predicted octanol–water partition coefficient (Wildman–Crippen LogP) is 2.68. The van der Waals surface area contributed by atoms with E-state index in [2.05, 4.69) is 0 Å². The van der Waals surface area contributed by atoms with Crippen LogP contribution in [0.5, 0.6) is 0 Å². The molecule has 0 radical (unpaired) electrons. The second kappa shape index (κ2) is 5.76. The average molecular weight is 286 g/mol. The van der Waals surface area contributed by atoms with Crippen molar-refractivity contribution >= 4 is 10.0 Å². The fourth-order valence-electron chi connectivity index (χ4n) is 2.13. The summed E-state index contributed by atoms with van der Waals surface area (Å²) >= 11 is 0. The first kappa shape index (κ1) is 14.1. The molecule has 102 valence electrons. The van der Waals surface area contributed by atoms with Crippen LogP contribution in [0, 0.1) is 11.5 Å². The van der Waals surface area contributed by atoms with E-state index >= 15 is 0 Å². The van der Waals surface area contributed by atoms with Gasteiger partial charge in [0.15, 0.2) is 6.19 Å². The summed E-state index contributed by atoms with van der Waals surface area (Å²) in [7, 11) is -3.83. The molecule has 0 amide bonds. The van der Waals surface area contributed by atoms with Crippen LogP contribution in [0.1, 0.15) is 12.5 Å². The van der Waals surface area contributed by atoms with Gasteiger partial charge in [-0.2, -0.15) is 5.26 Å². The highest BCUT2D eigenvalue weighted by molar-refractivity contribution is 7.89. The Morgan fingerprint density at radius 1 is 1.05 bits per heavy atom. The molecule has 0 fully saturated rings. The molecule has 0 aromatic heterocycles. The molecule has 0 unspecified atom stereocenters. The lowest BCUT2D eigenvalue weighted by Crippen LogP contribution is -2.19. The smallest absolute Gasteiger partial charge is 0.215 e. The van der Waals surface area contributed by atoms with Crippen LogP contribution in [-0.4, -0.2) is 8.42 Å². The van der Waals surface area contributed by atoms with Crippen molar-refractivity contribution in [1.29, 1.82) is 5.26 Å². The lowest BCUT2D eigenvalue weighted by molar-refractivity contribution is 0.591. The first-order valence-electron chi connectivity index (χ1n) is 6.18. The monoisotopic (exact) mass is 286 g/mol. The summed E-state index contributed by atoms with van der Waals surface area (Å²) in [5.74, 6) is 0. The number of nitriles is 1. The molecule has 0 aliphatic rings.